The zero-order valence-electron chi connectivity index (χ0n) is 20.3. The van der Waals surface area contributed by atoms with Crippen molar-refractivity contribution in [1.82, 2.24) is 30.1 Å². The highest BCUT2D eigenvalue weighted by molar-refractivity contribution is 5.83. The maximum Gasteiger partial charge on any atom is 0.252 e. The molecule has 2 N–H and O–H groups in total. The number of pyridine rings is 1. The topological polar surface area (TPSA) is 118 Å². The predicted octanol–water partition coefficient (Wildman–Crippen LogP) is 3.13. The first-order valence-corrected chi connectivity index (χ1v) is 12.8. The minimum absolute atomic E-state index is 0.0613. The number of aliphatic hydroxyl groups excluding tert-OH is 1. The minimum Gasteiger partial charge on any atom is -0.486 e. The Hall–Kier alpha value is -2.98. The summed E-state index contributed by atoms with van der Waals surface area (Å²) < 4.78 is 13.4. The van der Waals surface area contributed by atoms with Crippen LogP contribution in [0.5, 0.6) is 11.5 Å². The van der Waals surface area contributed by atoms with Gasteiger partial charge in [0.2, 0.25) is 0 Å². The summed E-state index contributed by atoms with van der Waals surface area (Å²) in [6.45, 7) is 4.26. The van der Waals surface area contributed by atoms with Crippen molar-refractivity contribution < 1.29 is 14.6 Å². The molecule has 188 valence electrons. The quantitative estimate of drug-likeness (QED) is 0.478. The van der Waals surface area contributed by atoms with Crippen LogP contribution in [0.25, 0.3) is 10.9 Å². The van der Waals surface area contributed by atoms with E-state index >= 15 is 0 Å². The first-order chi connectivity index (χ1) is 17.2. The van der Waals surface area contributed by atoms with Crippen LogP contribution in [0.2, 0.25) is 0 Å². The Morgan fingerprint density at radius 1 is 1.17 bits per heavy atom. The molecule has 1 aromatic carbocycles. The van der Waals surface area contributed by atoms with Crippen LogP contribution < -0.4 is 15.0 Å². The number of H-pyrrole nitrogens is 1. The van der Waals surface area contributed by atoms with Crippen LogP contribution in [0.15, 0.2) is 23.0 Å². The van der Waals surface area contributed by atoms with Gasteiger partial charge in [0.1, 0.15) is 13.2 Å². The van der Waals surface area contributed by atoms with Crippen LogP contribution in [0.1, 0.15) is 75.3 Å². The Kier molecular flexibility index (Phi) is 7.29. The third kappa shape index (κ3) is 5.04. The van der Waals surface area contributed by atoms with E-state index in [-0.39, 0.29) is 18.2 Å². The summed E-state index contributed by atoms with van der Waals surface area (Å²) >= 11 is 0. The Bertz CT molecular complexity index is 1200. The van der Waals surface area contributed by atoms with E-state index in [4.69, 9.17) is 9.47 Å². The molecule has 35 heavy (non-hydrogen) atoms. The van der Waals surface area contributed by atoms with Crippen LogP contribution in [-0.2, 0) is 6.54 Å². The van der Waals surface area contributed by atoms with Gasteiger partial charge in [-0.2, -0.15) is 0 Å². The van der Waals surface area contributed by atoms with Gasteiger partial charge >= 0.3 is 0 Å². The van der Waals surface area contributed by atoms with Gasteiger partial charge in [0.25, 0.3) is 5.56 Å². The molecule has 2 aromatic heterocycles. The van der Waals surface area contributed by atoms with Gasteiger partial charge in [-0.05, 0) is 48.2 Å². The van der Waals surface area contributed by atoms with Gasteiger partial charge in [-0.25, -0.2) is 4.68 Å². The summed E-state index contributed by atoms with van der Waals surface area (Å²) in [6, 6.07) is 5.93. The number of hydrogen-bond acceptors (Lipinski definition) is 8. The smallest absolute Gasteiger partial charge is 0.252 e. The summed E-state index contributed by atoms with van der Waals surface area (Å²) in [6.07, 6.45) is 7.23. The highest BCUT2D eigenvalue weighted by atomic mass is 16.6. The van der Waals surface area contributed by atoms with Gasteiger partial charge in [0.05, 0.1) is 17.6 Å². The second kappa shape index (κ2) is 10.7. The van der Waals surface area contributed by atoms with E-state index in [0.29, 0.717) is 55.8 Å². The van der Waals surface area contributed by atoms with Crippen LogP contribution in [-0.4, -0.2) is 61.6 Å². The van der Waals surface area contributed by atoms with Crippen LogP contribution >= 0.6 is 0 Å². The third-order valence-corrected chi connectivity index (χ3v) is 7.13. The molecule has 1 atom stereocenters. The number of rotatable bonds is 9. The average Bonchev–Trinajstić information content (AvgIpc) is 3.37. The summed E-state index contributed by atoms with van der Waals surface area (Å²) in [5.74, 6) is 2.18. The zero-order valence-corrected chi connectivity index (χ0v) is 20.3. The summed E-state index contributed by atoms with van der Waals surface area (Å²) in [5.41, 5.74) is 1.24. The van der Waals surface area contributed by atoms with E-state index in [1.807, 2.05) is 22.9 Å². The Morgan fingerprint density at radius 3 is 2.69 bits per heavy atom. The molecular weight excluding hydrogens is 448 g/mol. The predicted molar refractivity (Wildman–Crippen MR) is 131 cm³/mol. The molecule has 0 bridgehead atoms. The number of tetrazole rings is 1. The summed E-state index contributed by atoms with van der Waals surface area (Å²) in [5, 5.41) is 23.3. The average molecular weight is 483 g/mol. The summed E-state index contributed by atoms with van der Waals surface area (Å²) in [4.78, 5) is 18.3. The lowest BCUT2D eigenvalue weighted by molar-refractivity contribution is 0.147. The normalized spacial score (nSPS) is 17.2. The fourth-order valence-corrected chi connectivity index (χ4v) is 5.35. The van der Waals surface area contributed by atoms with Crippen LogP contribution in [0.3, 0.4) is 0 Å². The molecule has 0 radical (unpaired) electrons. The number of fused-ring (bicyclic) bond motifs is 2. The van der Waals surface area contributed by atoms with Crippen molar-refractivity contribution in [3.8, 4) is 11.5 Å². The molecule has 0 saturated heterocycles. The number of hydrogen-bond donors (Lipinski definition) is 2. The lowest BCUT2D eigenvalue weighted by Gasteiger charge is -2.32. The van der Waals surface area contributed by atoms with Gasteiger partial charge < -0.3 is 19.6 Å². The Morgan fingerprint density at radius 2 is 1.94 bits per heavy atom. The zero-order chi connectivity index (χ0) is 24.2. The molecule has 1 saturated carbocycles. The van der Waals surface area contributed by atoms with Crippen molar-refractivity contribution in [3.63, 3.8) is 0 Å². The Balaban J connectivity index is 1.46. The van der Waals surface area contributed by atoms with E-state index in [2.05, 4.69) is 32.3 Å². The molecule has 1 aliphatic heterocycles. The maximum atomic E-state index is 13.1. The SMILES string of the molecule is CCC(c1nnnn1C1CCCCC1)N(CCCO)Cc1cc2cc3c(cc2[nH]c1=O)OCCO3. The molecule has 0 spiro atoms. The molecule has 0 amide bonds. The monoisotopic (exact) mass is 482 g/mol. The summed E-state index contributed by atoms with van der Waals surface area (Å²) in [7, 11) is 0. The largest absolute Gasteiger partial charge is 0.486 e. The molecule has 3 aromatic rings. The van der Waals surface area contributed by atoms with Crippen molar-refractivity contribution >= 4 is 10.9 Å². The molecule has 10 heteroatoms. The first-order valence-electron chi connectivity index (χ1n) is 12.8. The van der Waals surface area contributed by atoms with Gasteiger partial charge in [0, 0.05) is 36.7 Å². The number of aromatic amines is 1. The lowest BCUT2D eigenvalue weighted by atomic mass is 9.95. The van der Waals surface area contributed by atoms with Crippen LogP contribution in [0.4, 0.5) is 0 Å². The molecule has 10 nitrogen and oxygen atoms in total. The standard InChI is InChI=1S/C25H34N6O4/c1-2-21(24-27-28-29-31(24)19-7-4-3-5-8-19)30(9-6-10-32)16-18-13-17-14-22-23(35-12-11-34-22)15-20(17)26-25(18)33/h13-15,19,21,32H,2-12,16H2,1H3,(H,26,33). The van der Waals surface area contributed by atoms with Crippen molar-refractivity contribution in [1.29, 1.82) is 0 Å². The minimum atomic E-state index is -0.134. The van der Waals surface area contributed by atoms with Crippen LogP contribution in [0, 0.1) is 0 Å². The molecule has 3 heterocycles. The van der Waals surface area contributed by atoms with E-state index in [1.165, 1.54) is 19.3 Å². The maximum absolute atomic E-state index is 13.1. The number of nitrogens with zero attached hydrogens (tertiary/aromatic N) is 5. The van der Waals surface area contributed by atoms with Gasteiger partial charge in [-0.3, -0.25) is 9.69 Å². The second-order valence-electron chi connectivity index (χ2n) is 9.45. The van der Waals surface area contributed by atoms with E-state index in [1.54, 1.807) is 0 Å². The highest BCUT2D eigenvalue weighted by Crippen LogP contribution is 2.35. The molecule has 1 fully saturated rings. The van der Waals surface area contributed by atoms with Gasteiger partial charge in [-0.15, -0.1) is 5.10 Å². The number of aliphatic hydroxyl groups is 1. The van der Waals surface area contributed by atoms with E-state index in [9.17, 15) is 9.90 Å². The van der Waals surface area contributed by atoms with Gasteiger partial charge in [0.15, 0.2) is 17.3 Å². The molecule has 1 aliphatic carbocycles. The Labute approximate surface area is 204 Å². The number of nitrogens with one attached hydrogen (secondary N) is 1. The molecule has 2 aliphatic rings. The fourth-order valence-electron chi connectivity index (χ4n) is 5.35. The fraction of sp³-hybridized carbons (Fsp3) is 0.600. The first kappa shape index (κ1) is 23.7. The van der Waals surface area contributed by atoms with Gasteiger partial charge in [-0.1, -0.05) is 26.2 Å². The van der Waals surface area contributed by atoms with E-state index in [0.717, 1.165) is 36.0 Å². The van der Waals surface area contributed by atoms with Crippen molar-refractivity contribution in [2.75, 3.05) is 26.4 Å². The van der Waals surface area contributed by atoms with Crippen molar-refractivity contribution in [2.45, 2.75) is 70.5 Å². The highest BCUT2D eigenvalue weighted by Gasteiger charge is 2.29. The molecule has 1 unspecified atom stereocenters. The number of benzene rings is 1. The van der Waals surface area contributed by atoms with E-state index < -0.39 is 0 Å². The van der Waals surface area contributed by atoms with Crippen molar-refractivity contribution in [3.05, 3.63) is 39.9 Å². The molecule has 5 rings (SSSR count). The second-order valence-corrected chi connectivity index (χ2v) is 9.45. The van der Waals surface area contributed by atoms with Crippen molar-refractivity contribution in [2.24, 2.45) is 0 Å². The number of ether oxygens (including phenoxy) is 2. The number of aromatic nitrogens is 5. The third-order valence-electron chi connectivity index (χ3n) is 7.13. The molecular formula is C25H34N6O4. The lowest BCUT2D eigenvalue weighted by Crippen LogP contribution is -2.34.